The van der Waals surface area contributed by atoms with Gasteiger partial charge in [0.2, 0.25) is 0 Å². The number of fused-ring (bicyclic) bond motifs is 3. The number of piperazine rings is 1. The van der Waals surface area contributed by atoms with Crippen LogP contribution in [0.5, 0.6) is 0 Å². The van der Waals surface area contributed by atoms with Crippen LogP contribution in [-0.2, 0) is 0 Å². The van der Waals surface area contributed by atoms with Gasteiger partial charge in [-0.2, -0.15) is 0 Å². The first-order valence-corrected chi connectivity index (χ1v) is 10.9. The zero-order valence-electron chi connectivity index (χ0n) is 17.7. The molecule has 1 amide bonds. The highest BCUT2D eigenvalue weighted by molar-refractivity contribution is 6.07. The minimum absolute atomic E-state index is 0.103. The van der Waals surface area contributed by atoms with Crippen molar-refractivity contribution in [2.45, 2.75) is 0 Å². The third-order valence-corrected chi connectivity index (χ3v) is 6.01. The molecule has 0 unspecified atom stereocenters. The molecule has 5 rings (SSSR count). The molecule has 0 aliphatic carbocycles. The number of carbonyl (C=O) groups excluding carboxylic acids is 1. The molecule has 1 aromatic heterocycles. The number of nitrogens with zero attached hydrogens (tertiary/aromatic N) is 2. The number of amides is 1. The summed E-state index contributed by atoms with van der Waals surface area (Å²) in [4.78, 5) is 29.8. The van der Waals surface area contributed by atoms with E-state index in [9.17, 15) is 9.59 Å². The number of carbonyl (C=O) groups is 1. The topological polar surface area (TPSA) is 53.8 Å². The summed E-state index contributed by atoms with van der Waals surface area (Å²) in [6.45, 7) is 3.55. The van der Waals surface area contributed by atoms with E-state index in [1.54, 1.807) is 17.0 Å². The number of hydrogen-bond acceptors (Lipinski definition) is 4. The van der Waals surface area contributed by atoms with Crippen LogP contribution >= 0.6 is 0 Å². The molecule has 32 heavy (non-hydrogen) atoms. The van der Waals surface area contributed by atoms with Crippen LogP contribution in [0, 0.1) is 0 Å². The Balaban J connectivity index is 1.30. The maximum absolute atomic E-state index is 13.1. The van der Waals surface area contributed by atoms with Crippen LogP contribution in [0.4, 0.5) is 0 Å². The molecule has 0 N–H and O–H groups in total. The normalized spacial score (nSPS) is 15.1. The Kier molecular flexibility index (Phi) is 5.57. The Bertz CT molecular complexity index is 1350. The molecule has 0 radical (unpaired) electrons. The van der Waals surface area contributed by atoms with Crippen molar-refractivity contribution in [1.29, 1.82) is 0 Å². The van der Waals surface area contributed by atoms with Gasteiger partial charge in [0.25, 0.3) is 5.91 Å². The van der Waals surface area contributed by atoms with E-state index in [1.165, 1.54) is 5.56 Å². The smallest absolute Gasteiger partial charge is 0.349 e. The van der Waals surface area contributed by atoms with Crippen LogP contribution in [0.3, 0.4) is 0 Å². The molecule has 160 valence electrons. The van der Waals surface area contributed by atoms with Gasteiger partial charge in [0.15, 0.2) is 0 Å². The largest absolute Gasteiger partial charge is 0.422 e. The lowest BCUT2D eigenvalue weighted by atomic mass is 10.0. The second kappa shape index (κ2) is 8.81. The van der Waals surface area contributed by atoms with Crippen molar-refractivity contribution in [1.82, 2.24) is 9.80 Å². The number of rotatable bonds is 4. The molecule has 5 heteroatoms. The van der Waals surface area contributed by atoms with Gasteiger partial charge in [0.1, 0.15) is 11.1 Å². The molecular formula is C27H24N2O3. The van der Waals surface area contributed by atoms with E-state index in [0.717, 1.165) is 35.8 Å². The first-order chi connectivity index (χ1) is 15.7. The van der Waals surface area contributed by atoms with Crippen molar-refractivity contribution >= 4 is 33.7 Å². The van der Waals surface area contributed by atoms with Gasteiger partial charge in [0.05, 0.1) is 0 Å². The quantitative estimate of drug-likeness (QED) is 0.360. The van der Waals surface area contributed by atoms with E-state index >= 15 is 0 Å². The zero-order chi connectivity index (χ0) is 21.9. The van der Waals surface area contributed by atoms with Crippen LogP contribution in [-0.4, -0.2) is 48.4 Å². The summed E-state index contributed by atoms with van der Waals surface area (Å²) in [6, 6.07) is 23.5. The molecule has 3 aromatic carbocycles. The Morgan fingerprint density at radius 2 is 1.62 bits per heavy atom. The van der Waals surface area contributed by atoms with Gasteiger partial charge < -0.3 is 9.32 Å². The average Bonchev–Trinajstić information content (AvgIpc) is 2.84. The minimum atomic E-state index is -0.578. The van der Waals surface area contributed by atoms with Crippen molar-refractivity contribution in [2.24, 2.45) is 0 Å². The third kappa shape index (κ3) is 4.07. The molecule has 1 aliphatic heterocycles. The van der Waals surface area contributed by atoms with Crippen molar-refractivity contribution in [3.05, 3.63) is 100 Å². The molecule has 2 heterocycles. The van der Waals surface area contributed by atoms with Gasteiger partial charge in [0, 0.05) is 38.1 Å². The zero-order valence-corrected chi connectivity index (χ0v) is 17.7. The fourth-order valence-electron chi connectivity index (χ4n) is 4.23. The number of hydrogen-bond donors (Lipinski definition) is 0. The lowest BCUT2D eigenvalue weighted by Gasteiger charge is -2.34. The Morgan fingerprint density at radius 3 is 2.44 bits per heavy atom. The first kappa shape index (κ1) is 20.2. The minimum Gasteiger partial charge on any atom is -0.422 e. The summed E-state index contributed by atoms with van der Waals surface area (Å²) in [5.41, 5.74) is 1.20. The third-order valence-electron chi connectivity index (χ3n) is 6.01. The number of benzene rings is 3. The summed E-state index contributed by atoms with van der Waals surface area (Å²) >= 11 is 0. The fourth-order valence-corrected chi connectivity index (χ4v) is 4.23. The SMILES string of the molecule is O=C(c1cc2c(ccc3ccccc32)oc1=O)N1CCN(C/C=C\c2ccccc2)CC1. The lowest BCUT2D eigenvalue weighted by Crippen LogP contribution is -2.49. The maximum atomic E-state index is 13.1. The Morgan fingerprint density at radius 1 is 0.875 bits per heavy atom. The van der Waals surface area contributed by atoms with E-state index in [0.29, 0.717) is 18.7 Å². The van der Waals surface area contributed by atoms with E-state index in [1.807, 2.05) is 48.5 Å². The molecule has 1 fully saturated rings. The van der Waals surface area contributed by atoms with Crippen molar-refractivity contribution < 1.29 is 9.21 Å². The van der Waals surface area contributed by atoms with Crippen molar-refractivity contribution in [2.75, 3.05) is 32.7 Å². The highest BCUT2D eigenvalue weighted by atomic mass is 16.4. The summed E-state index contributed by atoms with van der Waals surface area (Å²) in [6.07, 6.45) is 4.26. The molecular weight excluding hydrogens is 400 g/mol. The lowest BCUT2D eigenvalue weighted by molar-refractivity contribution is 0.0646. The van der Waals surface area contributed by atoms with E-state index < -0.39 is 5.63 Å². The summed E-state index contributed by atoms with van der Waals surface area (Å²) in [5, 5.41) is 2.80. The van der Waals surface area contributed by atoms with Gasteiger partial charge >= 0.3 is 5.63 Å². The monoisotopic (exact) mass is 424 g/mol. The molecule has 5 nitrogen and oxygen atoms in total. The van der Waals surface area contributed by atoms with Gasteiger partial charge in [-0.25, -0.2) is 4.79 Å². The Hall–Kier alpha value is -3.70. The highest BCUT2D eigenvalue weighted by Crippen LogP contribution is 2.25. The van der Waals surface area contributed by atoms with Crippen LogP contribution in [0.25, 0.3) is 27.8 Å². The maximum Gasteiger partial charge on any atom is 0.349 e. The van der Waals surface area contributed by atoms with Gasteiger partial charge in [-0.1, -0.05) is 72.8 Å². The molecule has 0 atom stereocenters. The van der Waals surface area contributed by atoms with Crippen LogP contribution in [0.15, 0.2) is 88.1 Å². The highest BCUT2D eigenvalue weighted by Gasteiger charge is 2.24. The summed E-state index contributed by atoms with van der Waals surface area (Å²) < 4.78 is 5.51. The molecule has 0 spiro atoms. The van der Waals surface area contributed by atoms with Crippen LogP contribution < -0.4 is 5.63 Å². The van der Waals surface area contributed by atoms with Crippen LogP contribution in [0.2, 0.25) is 0 Å². The molecule has 4 aromatic rings. The van der Waals surface area contributed by atoms with Crippen molar-refractivity contribution in [3.63, 3.8) is 0 Å². The second-order valence-corrected chi connectivity index (χ2v) is 8.05. The van der Waals surface area contributed by atoms with Gasteiger partial charge in [-0.3, -0.25) is 9.69 Å². The standard InChI is InChI=1S/C27H24N2O3/c30-26(29-17-15-28(16-18-29)14-6-9-20-7-2-1-3-8-20)24-19-23-22-11-5-4-10-21(22)12-13-25(23)32-27(24)31/h1-13,19H,14-18H2/b9-6-. The van der Waals surface area contributed by atoms with Gasteiger partial charge in [-0.05, 0) is 28.5 Å². The first-order valence-electron chi connectivity index (χ1n) is 10.9. The van der Waals surface area contributed by atoms with Gasteiger partial charge in [-0.15, -0.1) is 0 Å². The van der Waals surface area contributed by atoms with Crippen LogP contribution in [0.1, 0.15) is 15.9 Å². The van der Waals surface area contributed by atoms with Crippen molar-refractivity contribution in [3.8, 4) is 0 Å². The Labute approximate surface area is 186 Å². The van der Waals surface area contributed by atoms with E-state index in [-0.39, 0.29) is 11.5 Å². The van der Waals surface area contributed by atoms with E-state index in [4.69, 9.17) is 4.42 Å². The molecule has 1 aliphatic rings. The summed E-state index contributed by atoms with van der Waals surface area (Å²) in [5.74, 6) is -0.256. The molecule has 0 bridgehead atoms. The molecule has 0 saturated carbocycles. The second-order valence-electron chi connectivity index (χ2n) is 8.05. The predicted molar refractivity (Wildman–Crippen MR) is 128 cm³/mol. The molecule has 1 saturated heterocycles. The average molecular weight is 425 g/mol. The predicted octanol–water partition coefficient (Wildman–Crippen LogP) is 4.42. The summed E-state index contributed by atoms with van der Waals surface area (Å²) in [7, 11) is 0. The van der Waals surface area contributed by atoms with E-state index in [2.05, 4.69) is 29.2 Å². The fraction of sp³-hybridized carbons (Fsp3) is 0.185.